The zero-order valence-electron chi connectivity index (χ0n) is 16.5. The summed E-state index contributed by atoms with van der Waals surface area (Å²) in [4.78, 5) is 0. The maximum absolute atomic E-state index is 11.3. The van der Waals surface area contributed by atoms with Crippen LogP contribution in [0.3, 0.4) is 0 Å². The molecule has 0 amide bonds. The third kappa shape index (κ3) is 3.04. The van der Waals surface area contributed by atoms with Crippen molar-refractivity contribution in [3.05, 3.63) is 58.1 Å². The lowest BCUT2D eigenvalue weighted by Gasteiger charge is -2.35. The molecule has 0 aromatic heterocycles. The topological polar surface area (TPSA) is 20.2 Å². The molecule has 1 aliphatic carbocycles. The van der Waals surface area contributed by atoms with Crippen molar-refractivity contribution >= 4 is 36.1 Å². The second-order valence-electron chi connectivity index (χ2n) is 8.37. The minimum Gasteiger partial charge on any atom is -0.508 e. The van der Waals surface area contributed by atoms with Crippen LogP contribution in [-0.2, 0) is 11.8 Å². The fourth-order valence-electron chi connectivity index (χ4n) is 4.40. The zero-order valence-corrected chi connectivity index (χ0v) is 18.2. The third-order valence-electron chi connectivity index (χ3n) is 5.94. The zero-order chi connectivity index (χ0) is 19.1. The fraction of sp³-hybridized carbons (Fsp3) is 0.391. The van der Waals surface area contributed by atoms with Crippen molar-refractivity contribution in [3.63, 3.8) is 0 Å². The van der Waals surface area contributed by atoms with E-state index in [0.717, 1.165) is 34.3 Å². The number of hydrogen-bond acceptors (Lipinski definition) is 1. The van der Waals surface area contributed by atoms with E-state index in [4.69, 9.17) is 11.6 Å². The average Bonchev–Trinajstić information content (AvgIpc) is 3.07. The van der Waals surface area contributed by atoms with Crippen LogP contribution in [0.15, 0.2) is 36.4 Å². The Balaban J connectivity index is 2.33. The maximum atomic E-state index is 11.3. The predicted molar refractivity (Wildman–Crippen MR) is 117 cm³/mol. The number of fused-ring (bicyclic) bond motifs is 1. The third-order valence-corrected chi connectivity index (χ3v) is 11.5. The summed E-state index contributed by atoms with van der Waals surface area (Å²) in [7, 11) is -2.12. The molecular formula is C23H29ClOSi. The van der Waals surface area contributed by atoms with Crippen molar-refractivity contribution in [2.45, 2.75) is 58.5 Å². The Labute approximate surface area is 163 Å². The molecule has 0 atom stereocenters. The van der Waals surface area contributed by atoms with Crippen LogP contribution in [0.4, 0.5) is 0 Å². The molecule has 0 radical (unpaired) electrons. The summed E-state index contributed by atoms with van der Waals surface area (Å²) >= 11 is 6.55. The van der Waals surface area contributed by atoms with Gasteiger partial charge in [-0.3, -0.25) is 0 Å². The minimum atomic E-state index is -2.12. The number of allylic oxidation sites excluding steroid dienone is 1. The lowest BCUT2D eigenvalue weighted by Crippen LogP contribution is -2.58. The maximum Gasteiger partial charge on any atom is 0.123 e. The van der Waals surface area contributed by atoms with E-state index in [2.05, 4.69) is 65.0 Å². The minimum absolute atomic E-state index is 0.149. The van der Waals surface area contributed by atoms with E-state index in [1.54, 1.807) is 0 Å². The Kier molecular flexibility index (Phi) is 5.11. The summed E-state index contributed by atoms with van der Waals surface area (Å²) in [6, 6.07) is 12.7. The monoisotopic (exact) mass is 384 g/mol. The molecular weight excluding hydrogens is 356 g/mol. The van der Waals surface area contributed by atoms with Gasteiger partial charge in [-0.05, 0) is 45.5 Å². The van der Waals surface area contributed by atoms with Gasteiger partial charge in [0.2, 0.25) is 0 Å². The molecule has 26 heavy (non-hydrogen) atoms. The lowest BCUT2D eigenvalue weighted by atomic mass is 9.86. The molecule has 0 saturated heterocycles. The summed E-state index contributed by atoms with van der Waals surface area (Å²) in [5, 5.41) is 14.6. The summed E-state index contributed by atoms with van der Waals surface area (Å²) in [5.74, 6) is 0.455. The van der Waals surface area contributed by atoms with Gasteiger partial charge in [0.1, 0.15) is 13.8 Å². The van der Waals surface area contributed by atoms with Gasteiger partial charge in [-0.25, -0.2) is 0 Å². The van der Waals surface area contributed by atoms with Gasteiger partial charge in [-0.2, -0.15) is 0 Å². The second kappa shape index (κ2) is 6.90. The van der Waals surface area contributed by atoms with E-state index in [1.165, 1.54) is 16.3 Å². The normalized spacial score (nSPS) is 13.9. The molecule has 138 valence electrons. The van der Waals surface area contributed by atoms with Gasteiger partial charge in [-0.1, -0.05) is 88.7 Å². The number of halogens is 1. The lowest BCUT2D eigenvalue weighted by molar-refractivity contribution is 0.450. The molecule has 1 N–H and O–H groups in total. The first kappa shape index (κ1) is 19.3. The molecule has 0 heterocycles. The van der Waals surface area contributed by atoms with Crippen LogP contribution in [0.25, 0.3) is 6.08 Å². The van der Waals surface area contributed by atoms with Gasteiger partial charge in [0.15, 0.2) is 0 Å². The number of rotatable bonds is 4. The molecule has 0 aliphatic heterocycles. The molecule has 0 unspecified atom stereocenters. The van der Waals surface area contributed by atoms with Crippen molar-refractivity contribution in [1.82, 2.24) is 0 Å². The van der Waals surface area contributed by atoms with Crippen LogP contribution >= 0.6 is 11.6 Å². The van der Waals surface area contributed by atoms with Crippen molar-refractivity contribution in [2.75, 3.05) is 0 Å². The van der Waals surface area contributed by atoms with Crippen LogP contribution < -0.4 is 10.4 Å². The molecule has 1 aliphatic rings. The second-order valence-corrected chi connectivity index (χ2v) is 13.5. The Morgan fingerprint density at radius 3 is 2.38 bits per heavy atom. The van der Waals surface area contributed by atoms with Crippen LogP contribution in [0.1, 0.15) is 51.3 Å². The Hall–Kier alpha value is -1.51. The van der Waals surface area contributed by atoms with Gasteiger partial charge in [0, 0.05) is 10.6 Å². The quantitative estimate of drug-likeness (QED) is 0.688. The molecule has 3 rings (SSSR count). The van der Waals surface area contributed by atoms with E-state index in [0.29, 0.717) is 5.75 Å². The average molecular weight is 385 g/mol. The smallest absolute Gasteiger partial charge is 0.123 e. The van der Waals surface area contributed by atoms with E-state index < -0.39 is 8.07 Å². The summed E-state index contributed by atoms with van der Waals surface area (Å²) < 4.78 is 0. The molecule has 1 nitrogen and oxygen atoms in total. The largest absolute Gasteiger partial charge is 0.508 e. The van der Waals surface area contributed by atoms with E-state index in [1.807, 2.05) is 12.1 Å². The van der Waals surface area contributed by atoms with E-state index >= 15 is 0 Å². The number of benzene rings is 2. The summed E-state index contributed by atoms with van der Waals surface area (Å²) in [6.45, 7) is 10.9. The van der Waals surface area contributed by atoms with Gasteiger partial charge >= 0.3 is 0 Å². The van der Waals surface area contributed by atoms with E-state index in [-0.39, 0.29) is 5.41 Å². The Morgan fingerprint density at radius 1 is 1.08 bits per heavy atom. The molecule has 0 saturated carbocycles. The van der Waals surface area contributed by atoms with Crippen molar-refractivity contribution in [1.29, 1.82) is 0 Å². The van der Waals surface area contributed by atoms with Crippen molar-refractivity contribution < 1.29 is 5.11 Å². The number of phenolic OH excluding ortho intramolecular Hbond substituents is 1. The Bertz CT molecular complexity index is 857. The van der Waals surface area contributed by atoms with Crippen molar-refractivity contribution in [3.8, 4) is 5.75 Å². The molecule has 2 aromatic rings. The summed E-state index contributed by atoms with van der Waals surface area (Å²) in [6.07, 6.45) is 5.52. The molecule has 0 fully saturated rings. The first-order valence-corrected chi connectivity index (χ1v) is 12.4. The van der Waals surface area contributed by atoms with Gasteiger partial charge < -0.3 is 5.11 Å². The summed E-state index contributed by atoms with van der Waals surface area (Å²) in [5.41, 5.74) is 3.57. The predicted octanol–water partition coefficient (Wildman–Crippen LogP) is 5.52. The van der Waals surface area contributed by atoms with Gasteiger partial charge in [0.05, 0.1) is 0 Å². The molecule has 0 bridgehead atoms. The SMILES string of the molecule is CC[Si](CC)(c1cc(Cl)cc(C(C)(C)C)c1O)c1cccc2c1C=CC2. The standard InChI is InChI=1S/C23H29ClOSi/c1-6-26(7-2,20-13-9-11-16-10-8-12-18(16)20)21-15-17(24)14-19(22(21)25)23(3,4)5/h8-9,11-15,25H,6-7,10H2,1-5H3. The van der Waals surface area contributed by atoms with E-state index in [9.17, 15) is 5.11 Å². The first-order chi connectivity index (χ1) is 12.2. The highest BCUT2D eigenvalue weighted by molar-refractivity contribution is 7.03. The van der Waals surface area contributed by atoms with Crippen LogP contribution in [0.5, 0.6) is 5.75 Å². The molecule has 3 heteroatoms. The number of aromatic hydroxyl groups is 1. The Morgan fingerprint density at radius 2 is 1.77 bits per heavy atom. The van der Waals surface area contributed by atoms with Gasteiger partial charge in [0.25, 0.3) is 0 Å². The molecule has 2 aromatic carbocycles. The highest BCUT2D eigenvalue weighted by Crippen LogP contribution is 2.35. The first-order valence-electron chi connectivity index (χ1n) is 9.57. The van der Waals surface area contributed by atoms with Gasteiger partial charge in [-0.15, -0.1) is 0 Å². The van der Waals surface area contributed by atoms with Crippen LogP contribution in [0, 0.1) is 0 Å². The van der Waals surface area contributed by atoms with Crippen LogP contribution in [-0.4, -0.2) is 13.2 Å². The highest BCUT2D eigenvalue weighted by Gasteiger charge is 2.39. The number of hydrogen-bond donors (Lipinski definition) is 1. The number of phenols is 1. The van der Waals surface area contributed by atoms with Crippen molar-refractivity contribution in [2.24, 2.45) is 0 Å². The highest BCUT2D eigenvalue weighted by atomic mass is 35.5. The molecule has 0 spiro atoms. The van der Waals surface area contributed by atoms with Crippen LogP contribution in [0.2, 0.25) is 17.1 Å². The fourth-order valence-corrected chi connectivity index (χ4v) is 9.22.